The molecule has 0 aliphatic heterocycles. The Kier molecular flexibility index (Phi) is 5.54. The maximum atomic E-state index is 6.37. The molecule has 0 bridgehead atoms. The van der Waals surface area contributed by atoms with Gasteiger partial charge in [-0.25, -0.2) is 4.98 Å². The fraction of sp³-hybridized carbons (Fsp3) is 0. The van der Waals surface area contributed by atoms with Crippen LogP contribution in [0.1, 0.15) is 0 Å². The number of para-hydroxylation sites is 3. The molecule has 10 rings (SSSR count). The SMILES string of the molecule is c1ccc(-c2nc3ccccc3n2-c2cccc(-c3ccc(-c4ccc5oc6c(ccc7c8ccccc8oc76)c5c4)cc3)c2)cc1. The highest BCUT2D eigenvalue weighted by atomic mass is 16.4. The van der Waals surface area contributed by atoms with Gasteiger partial charge in [0.05, 0.1) is 11.0 Å². The maximum Gasteiger partial charge on any atom is 0.178 e. The quantitative estimate of drug-likeness (QED) is 0.201. The van der Waals surface area contributed by atoms with Crippen LogP contribution in [0.3, 0.4) is 0 Å². The van der Waals surface area contributed by atoms with Crippen LogP contribution in [0.15, 0.2) is 167 Å². The molecule has 0 atom stereocenters. The summed E-state index contributed by atoms with van der Waals surface area (Å²) < 4.78 is 14.9. The second-order valence-electron chi connectivity index (χ2n) is 12.0. The third kappa shape index (κ3) is 4.05. The summed E-state index contributed by atoms with van der Waals surface area (Å²) in [5.74, 6) is 0.933. The summed E-state index contributed by atoms with van der Waals surface area (Å²) in [6, 6.07) is 55.0. The van der Waals surface area contributed by atoms with Crippen LogP contribution in [0.2, 0.25) is 0 Å². The monoisotopic (exact) mass is 602 g/mol. The molecule has 0 spiro atoms. The molecule has 3 heterocycles. The zero-order valence-electron chi connectivity index (χ0n) is 25.2. The van der Waals surface area contributed by atoms with E-state index in [0.717, 1.165) is 94.2 Å². The number of benzene rings is 7. The van der Waals surface area contributed by atoms with Gasteiger partial charge in [0.15, 0.2) is 11.2 Å². The minimum atomic E-state index is 0.794. The third-order valence-corrected chi connectivity index (χ3v) is 9.23. The molecule has 3 aromatic heterocycles. The Labute approximate surface area is 269 Å². The minimum Gasteiger partial charge on any atom is -0.452 e. The Morgan fingerprint density at radius 2 is 1.02 bits per heavy atom. The van der Waals surface area contributed by atoms with Gasteiger partial charge in [0, 0.05) is 32.8 Å². The molecule has 0 aliphatic carbocycles. The van der Waals surface area contributed by atoms with Gasteiger partial charge in [0.25, 0.3) is 0 Å². The van der Waals surface area contributed by atoms with Crippen LogP contribution >= 0.6 is 0 Å². The van der Waals surface area contributed by atoms with Gasteiger partial charge in [0.2, 0.25) is 0 Å². The smallest absolute Gasteiger partial charge is 0.178 e. The van der Waals surface area contributed by atoms with Gasteiger partial charge >= 0.3 is 0 Å². The van der Waals surface area contributed by atoms with Crippen molar-refractivity contribution in [3.8, 4) is 39.3 Å². The Morgan fingerprint density at radius 3 is 1.83 bits per heavy atom. The van der Waals surface area contributed by atoms with E-state index in [1.807, 2.05) is 30.3 Å². The highest BCUT2D eigenvalue weighted by molar-refractivity contribution is 6.19. The molecule has 0 N–H and O–H groups in total. The third-order valence-electron chi connectivity index (χ3n) is 9.23. The first-order valence-electron chi connectivity index (χ1n) is 15.8. The molecule has 10 aromatic rings. The highest BCUT2D eigenvalue weighted by Crippen LogP contribution is 2.40. The predicted molar refractivity (Wildman–Crippen MR) is 192 cm³/mol. The number of fused-ring (bicyclic) bond motifs is 8. The van der Waals surface area contributed by atoms with Gasteiger partial charge in [-0.05, 0) is 76.9 Å². The highest BCUT2D eigenvalue weighted by Gasteiger charge is 2.17. The molecule has 0 radical (unpaired) electrons. The van der Waals surface area contributed by atoms with E-state index in [-0.39, 0.29) is 0 Å². The number of nitrogens with zero attached hydrogens (tertiary/aromatic N) is 2. The van der Waals surface area contributed by atoms with Crippen LogP contribution < -0.4 is 0 Å². The normalized spacial score (nSPS) is 11.8. The summed E-state index contributed by atoms with van der Waals surface area (Å²) in [5, 5.41) is 4.32. The molecule has 0 saturated carbocycles. The van der Waals surface area contributed by atoms with Crippen molar-refractivity contribution in [3.63, 3.8) is 0 Å². The lowest BCUT2D eigenvalue weighted by Crippen LogP contribution is -1.97. The lowest BCUT2D eigenvalue weighted by atomic mass is 9.98. The summed E-state index contributed by atoms with van der Waals surface area (Å²) in [7, 11) is 0. The standard InChI is InChI=1S/C43H26N2O2/c1-2-9-29(10-3-1)43-44-37-14-5-6-15-38(37)45(43)32-12-8-11-30(25-32)27-17-19-28(20-18-27)31-21-24-40-36(26-31)35-23-22-34-33-13-4-7-16-39(33)46-41(34)42(35)47-40/h1-26H. The summed E-state index contributed by atoms with van der Waals surface area (Å²) in [5.41, 5.74) is 12.1. The topological polar surface area (TPSA) is 44.1 Å². The van der Waals surface area contributed by atoms with E-state index in [4.69, 9.17) is 13.8 Å². The number of imidazole rings is 1. The molecule has 4 nitrogen and oxygen atoms in total. The van der Waals surface area contributed by atoms with Crippen molar-refractivity contribution in [2.45, 2.75) is 0 Å². The van der Waals surface area contributed by atoms with E-state index in [9.17, 15) is 0 Å². The van der Waals surface area contributed by atoms with E-state index in [1.54, 1.807) is 0 Å². The molecule has 220 valence electrons. The molecule has 7 aromatic carbocycles. The fourth-order valence-corrected chi connectivity index (χ4v) is 6.94. The van der Waals surface area contributed by atoms with E-state index in [2.05, 4.69) is 132 Å². The summed E-state index contributed by atoms with van der Waals surface area (Å²) >= 11 is 0. The predicted octanol–water partition coefficient (Wildman–Crippen LogP) is 11.8. The van der Waals surface area contributed by atoms with Gasteiger partial charge in [0.1, 0.15) is 17.0 Å². The van der Waals surface area contributed by atoms with Gasteiger partial charge in [-0.1, -0.05) is 103 Å². The first-order chi connectivity index (χ1) is 23.3. The van der Waals surface area contributed by atoms with Crippen molar-refractivity contribution in [2.75, 3.05) is 0 Å². The van der Waals surface area contributed by atoms with E-state index >= 15 is 0 Å². The summed E-state index contributed by atoms with van der Waals surface area (Å²) in [4.78, 5) is 5.02. The number of hydrogen-bond donors (Lipinski definition) is 0. The Balaban J connectivity index is 1.03. The van der Waals surface area contributed by atoms with Crippen LogP contribution in [0.4, 0.5) is 0 Å². The molecule has 0 fully saturated rings. The van der Waals surface area contributed by atoms with Gasteiger partial charge in [-0.2, -0.15) is 0 Å². The average Bonchev–Trinajstić information content (AvgIpc) is 3.83. The fourth-order valence-electron chi connectivity index (χ4n) is 6.94. The number of furan rings is 2. The average molecular weight is 603 g/mol. The van der Waals surface area contributed by atoms with E-state index in [1.165, 1.54) is 0 Å². The van der Waals surface area contributed by atoms with Crippen molar-refractivity contribution in [2.24, 2.45) is 0 Å². The van der Waals surface area contributed by atoms with E-state index < -0.39 is 0 Å². The second kappa shape index (κ2) is 10.1. The number of rotatable bonds is 4. The Hall–Kier alpha value is -6.39. The molecular formula is C43H26N2O2. The first kappa shape index (κ1) is 25.9. The van der Waals surface area contributed by atoms with Gasteiger partial charge < -0.3 is 8.83 Å². The molecule has 0 amide bonds. The van der Waals surface area contributed by atoms with Crippen molar-refractivity contribution < 1.29 is 8.83 Å². The van der Waals surface area contributed by atoms with Gasteiger partial charge in [-0.3, -0.25) is 4.57 Å². The molecule has 4 heteroatoms. The number of aromatic nitrogens is 2. The molecule has 47 heavy (non-hydrogen) atoms. The van der Waals surface area contributed by atoms with Crippen LogP contribution in [-0.4, -0.2) is 9.55 Å². The molecular weight excluding hydrogens is 576 g/mol. The van der Waals surface area contributed by atoms with E-state index in [0.29, 0.717) is 0 Å². The second-order valence-corrected chi connectivity index (χ2v) is 12.0. The first-order valence-corrected chi connectivity index (χ1v) is 15.8. The zero-order chi connectivity index (χ0) is 30.9. The van der Waals surface area contributed by atoms with Crippen LogP contribution in [-0.2, 0) is 0 Å². The van der Waals surface area contributed by atoms with Crippen molar-refractivity contribution >= 4 is 54.9 Å². The lowest BCUT2D eigenvalue weighted by Gasteiger charge is -2.12. The zero-order valence-corrected chi connectivity index (χ0v) is 25.2. The van der Waals surface area contributed by atoms with Crippen LogP contribution in [0, 0.1) is 0 Å². The molecule has 0 saturated heterocycles. The summed E-state index contributed by atoms with van der Waals surface area (Å²) in [6.45, 7) is 0. The van der Waals surface area contributed by atoms with Gasteiger partial charge in [-0.15, -0.1) is 0 Å². The largest absolute Gasteiger partial charge is 0.452 e. The lowest BCUT2D eigenvalue weighted by molar-refractivity contribution is 0.633. The number of hydrogen-bond acceptors (Lipinski definition) is 3. The van der Waals surface area contributed by atoms with Crippen molar-refractivity contribution in [1.29, 1.82) is 0 Å². The molecule has 0 unspecified atom stereocenters. The summed E-state index contributed by atoms with van der Waals surface area (Å²) in [6.07, 6.45) is 0. The van der Waals surface area contributed by atoms with Crippen molar-refractivity contribution in [1.82, 2.24) is 9.55 Å². The van der Waals surface area contributed by atoms with Crippen LogP contribution in [0.5, 0.6) is 0 Å². The van der Waals surface area contributed by atoms with Crippen molar-refractivity contribution in [3.05, 3.63) is 158 Å². The Bertz CT molecular complexity index is 2780. The molecule has 0 aliphatic rings. The maximum absolute atomic E-state index is 6.37. The minimum absolute atomic E-state index is 0.794. The van der Waals surface area contributed by atoms with Crippen LogP contribution in [0.25, 0.3) is 94.2 Å². The Morgan fingerprint density at radius 1 is 0.404 bits per heavy atom.